The van der Waals surface area contributed by atoms with Crippen molar-refractivity contribution in [1.29, 1.82) is 0 Å². The first-order valence-electron chi connectivity index (χ1n) is 10.8. The van der Waals surface area contributed by atoms with Gasteiger partial charge in [0.1, 0.15) is 30.3 Å². The molecule has 170 valence electrons. The van der Waals surface area contributed by atoms with Crippen LogP contribution < -0.4 is 14.5 Å². The van der Waals surface area contributed by atoms with Gasteiger partial charge in [0.05, 0.1) is 5.60 Å². The zero-order valence-corrected chi connectivity index (χ0v) is 19.5. The molecule has 8 nitrogen and oxygen atoms in total. The third-order valence-electron chi connectivity index (χ3n) is 5.50. The van der Waals surface area contributed by atoms with Gasteiger partial charge in [-0.05, 0) is 45.3 Å². The lowest BCUT2D eigenvalue weighted by molar-refractivity contribution is 0.0279. The minimum atomic E-state index is -0.757. The lowest BCUT2D eigenvalue weighted by Gasteiger charge is -2.29. The zero-order valence-electron chi connectivity index (χ0n) is 19.5. The topological polar surface area (TPSA) is 68.2 Å². The summed E-state index contributed by atoms with van der Waals surface area (Å²) in [5.41, 5.74) is 0.445. The number of β-amino-alcohol motifs (C(OH)–C–C–N with tert-alkyl or cyclic N) is 1. The van der Waals surface area contributed by atoms with Crippen molar-refractivity contribution < 1.29 is 9.84 Å². The Morgan fingerprint density at radius 2 is 1.84 bits per heavy atom. The third kappa shape index (κ3) is 6.78. The van der Waals surface area contributed by atoms with E-state index in [1.54, 1.807) is 6.33 Å². The standard InChI is InChI=1S/C23H36N6O2/c1-26(2)12-13-31-20-8-6-19(7-9-20)15-28(5)16-23(30)10-11-29(17-23)22-14-21(27(3)4)24-18-25-22/h6-9,14,18,30H,10-13,15-17H2,1-5H3. The van der Waals surface area contributed by atoms with Gasteiger partial charge in [-0.15, -0.1) is 0 Å². The van der Waals surface area contributed by atoms with Gasteiger partial charge < -0.3 is 24.5 Å². The maximum absolute atomic E-state index is 11.2. The van der Waals surface area contributed by atoms with Crippen LogP contribution in [0.4, 0.5) is 11.6 Å². The van der Waals surface area contributed by atoms with E-state index in [-0.39, 0.29) is 0 Å². The number of nitrogens with zero attached hydrogens (tertiary/aromatic N) is 6. The monoisotopic (exact) mass is 428 g/mol. The number of likely N-dealkylation sites (N-methyl/N-ethyl adjacent to an activating group) is 2. The fourth-order valence-electron chi connectivity index (χ4n) is 3.84. The lowest BCUT2D eigenvalue weighted by atomic mass is 10.0. The van der Waals surface area contributed by atoms with Gasteiger partial charge >= 0.3 is 0 Å². The van der Waals surface area contributed by atoms with E-state index in [4.69, 9.17) is 4.74 Å². The van der Waals surface area contributed by atoms with Crippen LogP contribution in [0.25, 0.3) is 0 Å². The van der Waals surface area contributed by atoms with E-state index in [1.807, 2.05) is 51.3 Å². The Bertz CT molecular complexity index is 829. The van der Waals surface area contributed by atoms with Crippen molar-refractivity contribution in [2.75, 3.05) is 77.8 Å². The molecule has 0 saturated carbocycles. The predicted molar refractivity (Wildman–Crippen MR) is 125 cm³/mol. The first-order chi connectivity index (χ1) is 14.7. The Hall–Kier alpha value is -2.42. The first-order valence-corrected chi connectivity index (χ1v) is 10.8. The van der Waals surface area contributed by atoms with Crippen molar-refractivity contribution in [3.05, 3.63) is 42.2 Å². The molecule has 0 aliphatic carbocycles. The molecule has 1 aliphatic rings. The van der Waals surface area contributed by atoms with Gasteiger partial charge in [0, 0.05) is 52.9 Å². The van der Waals surface area contributed by atoms with Crippen molar-refractivity contribution in [2.24, 2.45) is 0 Å². The van der Waals surface area contributed by atoms with Gasteiger partial charge in [-0.1, -0.05) is 12.1 Å². The molecule has 2 aromatic rings. The van der Waals surface area contributed by atoms with E-state index in [0.29, 0.717) is 19.7 Å². The van der Waals surface area contributed by atoms with Crippen LogP contribution in [0, 0.1) is 0 Å². The van der Waals surface area contributed by atoms with Crippen LogP contribution in [0.3, 0.4) is 0 Å². The lowest BCUT2D eigenvalue weighted by Crippen LogP contribution is -2.43. The average molecular weight is 429 g/mol. The molecule has 2 heterocycles. The van der Waals surface area contributed by atoms with Crippen LogP contribution in [-0.4, -0.2) is 98.5 Å². The van der Waals surface area contributed by atoms with Crippen molar-refractivity contribution >= 4 is 11.6 Å². The van der Waals surface area contributed by atoms with Crippen LogP contribution in [-0.2, 0) is 6.54 Å². The maximum Gasteiger partial charge on any atom is 0.134 e. The van der Waals surface area contributed by atoms with Crippen molar-refractivity contribution in [3.8, 4) is 5.75 Å². The molecule has 0 radical (unpaired) electrons. The molecule has 0 bridgehead atoms. The second kappa shape index (κ2) is 10.3. The Balaban J connectivity index is 1.51. The van der Waals surface area contributed by atoms with Gasteiger partial charge in [0.15, 0.2) is 0 Å². The van der Waals surface area contributed by atoms with Crippen molar-refractivity contribution in [1.82, 2.24) is 19.8 Å². The smallest absolute Gasteiger partial charge is 0.134 e. The SMILES string of the molecule is CN(C)CCOc1ccc(CN(C)CC2(O)CCN(c3cc(N(C)C)ncn3)C2)cc1. The second-order valence-corrected chi connectivity index (χ2v) is 8.99. The molecule has 1 atom stereocenters. The highest BCUT2D eigenvalue weighted by Crippen LogP contribution is 2.27. The summed E-state index contributed by atoms with van der Waals surface area (Å²) in [5.74, 6) is 2.62. The fraction of sp³-hybridized carbons (Fsp3) is 0.565. The van der Waals surface area contributed by atoms with Crippen LogP contribution in [0.5, 0.6) is 5.75 Å². The van der Waals surface area contributed by atoms with Crippen molar-refractivity contribution in [2.45, 2.75) is 18.6 Å². The van der Waals surface area contributed by atoms with E-state index >= 15 is 0 Å². The Morgan fingerprint density at radius 3 is 2.52 bits per heavy atom. The molecule has 1 aromatic carbocycles. The van der Waals surface area contributed by atoms with E-state index in [9.17, 15) is 5.11 Å². The van der Waals surface area contributed by atoms with Gasteiger partial charge in [0.25, 0.3) is 0 Å². The number of aromatic nitrogens is 2. The highest BCUT2D eigenvalue weighted by atomic mass is 16.5. The number of benzene rings is 1. The summed E-state index contributed by atoms with van der Waals surface area (Å²) in [7, 11) is 10.0. The molecule has 0 spiro atoms. The van der Waals surface area contributed by atoms with E-state index in [2.05, 4.69) is 43.8 Å². The highest BCUT2D eigenvalue weighted by molar-refractivity contribution is 5.50. The maximum atomic E-state index is 11.2. The zero-order chi connectivity index (χ0) is 22.4. The summed E-state index contributed by atoms with van der Waals surface area (Å²) in [5, 5.41) is 11.2. The molecule has 1 saturated heterocycles. The number of aliphatic hydroxyl groups is 1. The summed E-state index contributed by atoms with van der Waals surface area (Å²) in [6.45, 7) is 4.31. The summed E-state index contributed by atoms with van der Waals surface area (Å²) in [6.07, 6.45) is 2.30. The molecule has 1 N–H and O–H groups in total. The van der Waals surface area contributed by atoms with E-state index in [0.717, 1.165) is 43.4 Å². The number of ether oxygens (including phenoxy) is 1. The number of hydrogen-bond acceptors (Lipinski definition) is 8. The molecule has 31 heavy (non-hydrogen) atoms. The molecule has 3 rings (SSSR count). The predicted octanol–water partition coefficient (Wildman–Crippen LogP) is 1.56. The Kier molecular flexibility index (Phi) is 7.69. The summed E-state index contributed by atoms with van der Waals surface area (Å²) >= 11 is 0. The molecule has 1 fully saturated rings. The van der Waals surface area contributed by atoms with Crippen molar-refractivity contribution in [3.63, 3.8) is 0 Å². The van der Waals surface area contributed by atoms with Crippen LogP contribution in [0.15, 0.2) is 36.7 Å². The number of rotatable bonds is 10. The van der Waals surface area contributed by atoms with Crippen LogP contribution in [0.2, 0.25) is 0 Å². The minimum absolute atomic E-state index is 0.569. The molecule has 0 amide bonds. The summed E-state index contributed by atoms with van der Waals surface area (Å²) in [4.78, 5) is 17.1. The molecular formula is C23H36N6O2. The summed E-state index contributed by atoms with van der Waals surface area (Å²) in [6, 6.07) is 10.2. The van der Waals surface area contributed by atoms with Gasteiger partial charge in [-0.3, -0.25) is 4.90 Å². The average Bonchev–Trinajstić information content (AvgIpc) is 3.10. The second-order valence-electron chi connectivity index (χ2n) is 8.99. The summed E-state index contributed by atoms with van der Waals surface area (Å²) < 4.78 is 5.76. The van der Waals surface area contributed by atoms with Gasteiger partial charge in [-0.2, -0.15) is 0 Å². The van der Waals surface area contributed by atoms with E-state index in [1.165, 1.54) is 5.56 Å². The molecular weight excluding hydrogens is 392 g/mol. The minimum Gasteiger partial charge on any atom is -0.492 e. The Morgan fingerprint density at radius 1 is 1.10 bits per heavy atom. The molecule has 1 aliphatic heterocycles. The van der Waals surface area contributed by atoms with Crippen LogP contribution in [0.1, 0.15) is 12.0 Å². The van der Waals surface area contributed by atoms with E-state index < -0.39 is 5.60 Å². The third-order valence-corrected chi connectivity index (χ3v) is 5.50. The number of hydrogen-bond donors (Lipinski definition) is 1. The highest BCUT2D eigenvalue weighted by Gasteiger charge is 2.37. The molecule has 1 unspecified atom stereocenters. The first kappa shape index (κ1) is 23.2. The number of anilines is 2. The largest absolute Gasteiger partial charge is 0.492 e. The molecule has 8 heteroatoms. The Labute approximate surface area is 186 Å². The fourth-order valence-corrected chi connectivity index (χ4v) is 3.84. The van der Waals surface area contributed by atoms with Gasteiger partial charge in [0.2, 0.25) is 0 Å². The molecule has 1 aromatic heterocycles. The normalized spacial score (nSPS) is 18.8. The van der Waals surface area contributed by atoms with Gasteiger partial charge in [-0.25, -0.2) is 9.97 Å². The van der Waals surface area contributed by atoms with Crippen LogP contribution >= 0.6 is 0 Å². The quantitative estimate of drug-likeness (QED) is 0.612.